The molecule has 0 saturated heterocycles. The molecule has 3 unspecified atom stereocenters. The van der Waals surface area contributed by atoms with Gasteiger partial charge >= 0.3 is 0 Å². The number of nitrogens with zero attached hydrogens (tertiary/aromatic N) is 1. The first kappa shape index (κ1) is 15.3. The summed E-state index contributed by atoms with van der Waals surface area (Å²) >= 11 is 0. The smallest absolute Gasteiger partial charge is 0.107 e. The first-order chi connectivity index (χ1) is 9.30. The minimum atomic E-state index is -0.0100. The Hall–Kier alpha value is -1.05. The van der Waals surface area contributed by atoms with E-state index in [-0.39, 0.29) is 11.0 Å². The summed E-state index contributed by atoms with van der Waals surface area (Å²) in [6, 6.07) is 0. The molecule has 0 aromatic carbocycles. The fourth-order valence-corrected chi connectivity index (χ4v) is 3.51. The van der Waals surface area contributed by atoms with Gasteiger partial charge in [0.2, 0.25) is 0 Å². The van der Waals surface area contributed by atoms with Crippen molar-refractivity contribution in [3.8, 4) is 0 Å². The summed E-state index contributed by atoms with van der Waals surface area (Å²) in [6.07, 6.45) is 6.86. The molecule has 2 rings (SSSR count). The average Bonchev–Trinajstić information content (AvgIpc) is 3.13. The SMILES string of the molecule is CC=C1/C(=C\C)NC(C(C)(C)C)=NC1(CC)C1CC1C. The fourth-order valence-electron chi connectivity index (χ4n) is 3.51. The van der Waals surface area contributed by atoms with Gasteiger partial charge in [-0.25, -0.2) is 0 Å². The Kier molecular flexibility index (Phi) is 3.88. The van der Waals surface area contributed by atoms with Gasteiger partial charge in [0.05, 0.1) is 5.54 Å². The zero-order valence-electron chi connectivity index (χ0n) is 14.2. The highest BCUT2D eigenvalue weighted by atomic mass is 15.1. The Bertz CT molecular complexity index is 476. The van der Waals surface area contributed by atoms with E-state index < -0.39 is 0 Å². The number of nitrogens with one attached hydrogen (secondary N) is 1. The number of rotatable bonds is 2. The third-order valence-electron chi connectivity index (χ3n) is 4.87. The Labute approximate surface area is 124 Å². The first-order valence-corrected chi connectivity index (χ1v) is 8.01. The fraction of sp³-hybridized carbons (Fsp3) is 0.722. The predicted octanol–water partition coefficient (Wildman–Crippen LogP) is 4.69. The number of hydrogen-bond donors (Lipinski definition) is 1. The number of allylic oxidation sites excluding steroid dienone is 2. The van der Waals surface area contributed by atoms with Crippen molar-refractivity contribution in [1.82, 2.24) is 5.32 Å². The molecule has 0 aromatic heterocycles. The largest absolute Gasteiger partial charge is 0.344 e. The molecule has 2 aliphatic rings. The molecule has 0 bridgehead atoms. The number of amidine groups is 1. The summed E-state index contributed by atoms with van der Waals surface area (Å²) in [5, 5.41) is 3.57. The zero-order valence-corrected chi connectivity index (χ0v) is 14.2. The molecule has 0 spiro atoms. The second-order valence-electron chi connectivity index (χ2n) is 7.34. The maximum atomic E-state index is 5.26. The molecule has 1 heterocycles. The molecule has 1 N–H and O–H groups in total. The zero-order chi connectivity index (χ0) is 15.1. The molecular weight excluding hydrogens is 244 g/mol. The van der Waals surface area contributed by atoms with Gasteiger partial charge in [-0.2, -0.15) is 0 Å². The summed E-state index contributed by atoms with van der Waals surface area (Å²) in [7, 11) is 0. The second-order valence-corrected chi connectivity index (χ2v) is 7.34. The van der Waals surface area contributed by atoms with Gasteiger partial charge in [0.15, 0.2) is 0 Å². The molecule has 112 valence electrons. The second kappa shape index (κ2) is 5.05. The van der Waals surface area contributed by atoms with Gasteiger partial charge in [-0.05, 0) is 44.1 Å². The highest BCUT2D eigenvalue weighted by Crippen LogP contribution is 2.55. The van der Waals surface area contributed by atoms with Gasteiger partial charge in [-0.3, -0.25) is 4.99 Å². The van der Waals surface area contributed by atoms with E-state index in [2.05, 4.69) is 65.9 Å². The average molecular weight is 274 g/mol. The standard InChI is InChI=1S/C18H30N2/c1-8-13-15(9-2)19-16(17(5,6)7)20-18(13,10-3)14-11-12(14)4/h8-9,12,14H,10-11H2,1-7H3,(H,19,20)/b13-8?,15-9+. The van der Waals surface area contributed by atoms with Crippen LogP contribution in [0.15, 0.2) is 28.4 Å². The van der Waals surface area contributed by atoms with Gasteiger partial charge in [-0.1, -0.05) is 46.8 Å². The molecule has 1 saturated carbocycles. The Balaban J connectivity index is 2.59. The van der Waals surface area contributed by atoms with Crippen molar-refractivity contribution in [2.24, 2.45) is 22.2 Å². The lowest BCUT2D eigenvalue weighted by Gasteiger charge is -2.42. The highest BCUT2D eigenvalue weighted by Gasteiger charge is 2.54. The van der Waals surface area contributed by atoms with Crippen LogP contribution in [0.4, 0.5) is 0 Å². The molecule has 1 aliphatic heterocycles. The summed E-state index contributed by atoms with van der Waals surface area (Å²) in [6.45, 7) is 15.6. The molecule has 0 amide bonds. The Morgan fingerprint density at radius 1 is 1.30 bits per heavy atom. The van der Waals surface area contributed by atoms with Gasteiger partial charge in [0.25, 0.3) is 0 Å². The predicted molar refractivity (Wildman–Crippen MR) is 87.8 cm³/mol. The van der Waals surface area contributed by atoms with Crippen molar-refractivity contribution in [2.75, 3.05) is 0 Å². The Morgan fingerprint density at radius 3 is 2.25 bits per heavy atom. The third kappa shape index (κ3) is 2.34. The molecule has 20 heavy (non-hydrogen) atoms. The molecule has 0 aromatic rings. The quantitative estimate of drug-likeness (QED) is 0.776. The van der Waals surface area contributed by atoms with Crippen LogP contribution in [0.5, 0.6) is 0 Å². The maximum absolute atomic E-state index is 5.26. The first-order valence-electron chi connectivity index (χ1n) is 8.01. The van der Waals surface area contributed by atoms with Gasteiger partial charge < -0.3 is 5.32 Å². The van der Waals surface area contributed by atoms with Crippen LogP contribution >= 0.6 is 0 Å². The normalized spacial score (nSPS) is 37.9. The van der Waals surface area contributed by atoms with E-state index in [4.69, 9.17) is 4.99 Å². The van der Waals surface area contributed by atoms with Crippen molar-refractivity contribution in [3.05, 3.63) is 23.4 Å². The minimum Gasteiger partial charge on any atom is -0.344 e. The summed E-state index contributed by atoms with van der Waals surface area (Å²) < 4.78 is 0. The van der Waals surface area contributed by atoms with Gasteiger partial charge in [0.1, 0.15) is 5.84 Å². The van der Waals surface area contributed by atoms with Crippen LogP contribution in [0.3, 0.4) is 0 Å². The van der Waals surface area contributed by atoms with E-state index in [1.54, 1.807) is 0 Å². The third-order valence-corrected chi connectivity index (χ3v) is 4.87. The van der Waals surface area contributed by atoms with Crippen LogP contribution < -0.4 is 5.32 Å². The van der Waals surface area contributed by atoms with Crippen LogP contribution in [0, 0.1) is 17.3 Å². The van der Waals surface area contributed by atoms with Crippen LogP contribution in [0.1, 0.15) is 61.3 Å². The van der Waals surface area contributed by atoms with Crippen molar-refractivity contribution >= 4 is 5.84 Å². The minimum absolute atomic E-state index is 0.0100. The lowest BCUT2D eigenvalue weighted by molar-refractivity contribution is 0.388. The number of aliphatic imine (C=N–C) groups is 1. The van der Waals surface area contributed by atoms with E-state index in [1.807, 2.05) is 0 Å². The number of hydrogen-bond acceptors (Lipinski definition) is 2. The molecule has 0 radical (unpaired) electrons. The van der Waals surface area contributed by atoms with E-state index >= 15 is 0 Å². The Morgan fingerprint density at radius 2 is 1.90 bits per heavy atom. The molecular formula is C18H30N2. The summed E-state index contributed by atoms with van der Waals surface area (Å²) in [4.78, 5) is 5.26. The molecule has 1 aliphatic carbocycles. The molecule has 2 nitrogen and oxygen atoms in total. The van der Waals surface area contributed by atoms with Gasteiger partial charge in [-0.15, -0.1) is 0 Å². The van der Waals surface area contributed by atoms with Crippen LogP contribution in [-0.4, -0.2) is 11.4 Å². The summed E-state index contributed by atoms with van der Waals surface area (Å²) in [5.41, 5.74) is 2.70. The van der Waals surface area contributed by atoms with Gasteiger partial charge in [0, 0.05) is 11.1 Å². The van der Waals surface area contributed by atoms with E-state index in [0.29, 0.717) is 5.92 Å². The van der Waals surface area contributed by atoms with E-state index in [9.17, 15) is 0 Å². The maximum Gasteiger partial charge on any atom is 0.107 e. The monoisotopic (exact) mass is 274 g/mol. The van der Waals surface area contributed by atoms with Crippen molar-refractivity contribution in [1.29, 1.82) is 0 Å². The van der Waals surface area contributed by atoms with E-state index in [1.165, 1.54) is 17.7 Å². The van der Waals surface area contributed by atoms with Crippen molar-refractivity contribution in [3.63, 3.8) is 0 Å². The van der Waals surface area contributed by atoms with E-state index in [0.717, 1.165) is 18.2 Å². The lowest BCUT2D eigenvalue weighted by Crippen LogP contribution is -2.48. The van der Waals surface area contributed by atoms with Crippen molar-refractivity contribution in [2.45, 2.75) is 66.8 Å². The molecule has 3 atom stereocenters. The van der Waals surface area contributed by atoms with Crippen LogP contribution in [0.25, 0.3) is 0 Å². The molecule has 2 heteroatoms. The topological polar surface area (TPSA) is 24.4 Å². The lowest BCUT2D eigenvalue weighted by atomic mass is 9.77. The summed E-state index contributed by atoms with van der Waals surface area (Å²) in [5.74, 6) is 2.64. The van der Waals surface area contributed by atoms with Crippen LogP contribution in [0.2, 0.25) is 0 Å². The molecule has 1 fully saturated rings. The van der Waals surface area contributed by atoms with Crippen molar-refractivity contribution < 1.29 is 0 Å². The van der Waals surface area contributed by atoms with Crippen LogP contribution in [-0.2, 0) is 0 Å². The highest BCUT2D eigenvalue weighted by molar-refractivity contribution is 5.91.